The number of hydrogen-bond donors (Lipinski definition) is 0. The van der Waals surface area contributed by atoms with Crippen molar-refractivity contribution in [3.63, 3.8) is 0 Å². The van der Waals surface area contributed by atoms with Crippen LogP contribution in [0, 0.1) is 0 Å². The first kappa shape index (κ1) is 26.7. The molecule has 0 saturated heterocycles. The SMILES string of the molecule is C1=Cc2ccccc2OC1.O=C([O-])C(=O)[O-].O=C([O-])C(=O)[O-].[Cu+2].[Zn+2]. The molecule has 9 nitrogen and oxygen atoms in total. The Balaban J connectivity index is -0.000000282. The average Bonchev–Trinajstić information content (AvgIpc) is 2.48. The zero-order valence-corrected chi connectivity index (χ0v) is 15.8. The van der Waals surface area contributed by atoms with E-state index in [4.69, 9.17) is 44.3 Å². The number of carboxylic acid groups (broad SMARTS) is 4. The van der Waals surface area contributed by atoms with Crippen molar-refractivity contribution in [2.24, 2.45) is 0 Å². The van der Waals surface area contributed by atoms with Gasteiger partial charge in [0, 0.05) is 5.56 Å². The van der Waals surface area contributed by atoms with E-state index in [1.54, 1.807) is 0 Å². The Morgan fingerprint density at radius 2 is 1.25 bits per heavy atom. The molecule has 2 rings (SSSR count). The minimum Gasteiger partial charge on any atom is -0.543 e. The molecule has 1 aliphatic rings. The third-order valence-electron chi connectivity index (χ3n) is 1.88. The summed E-state index contributed by atoms with van der Waals surface area (Å²) in [6.07, 6.45) is 4.10. The van der Waals surface area contributed by atoms with Crippen molar-refractivity contribution >= 4 is 30.0 Å². The van der Waals surface area contributed by atoms with Crippen molar-refractivity contribution < 1.29 is 80.9 Å². The van der Waals surface area contributed by atoms with Crippen LogP contribution in [0.4, 0.5) is 0 Å². The molecule has 0 atom stereocenters. The Morgan fingerprint density at radius 1 is 0.833 bits per heavy atom. The average molecular weight is 437 g/mol. The number of fused-ring (bicyclic) bond motifs is 1. The fourth-order valence-electron chi connectivity index (χ4n) is 1.06. The van der Waals surface area contributed by atoms with E-state index in [1.165, 1.54) is 5.56 Å². The van der Waals surface area contributed by atoms with Gasteiger partial charge in [0.15, 0.2) is 0 Å². The summed E-state index contributed by atoms with van der Waals surface area (Å²) in [5.41, 5.74) is 1.17. The Bertz CT molecular complexity index is 553. The number of ether oxygens (including phenoxy) is 1. The standard InChI is InChI=1S/C9H8O.2C2H2O4.Cu.Zn/c1-2-6-9-8(4-1)5-3-7-10-9;2*3-1(4)2(5)6;;/h1-6H,7H2;2*(H,3,4)(H,5,6);;/q;;;2*+2/p-4. The van der Waals surface area contributed by atoms with Crippen LogP contribution >= 0.6 is 0 Å². The molecule has 1 aliphatic heterocycles. The molecular formula is C13H8CuO9Zn. The van der Waals surface area contributed by atoms with Crippen LogP contribution in [0.15, 0.2) is 30.3 Å². The van der Waals surface area contributed by atoms with Crippen molar-refractivity contribution in [3.8, 4) is 5.75 Å². The van der Waals surface area contributed by atoms with E-state index in [-0.39, 0.29) is 36.5 Å². The molecule has 0 N–H and O–H groups in total. The van der Waals surface area contributed by atoms with Gasteiger partial charge < -0.3 is 44.3 Å². The first-order chi connectivity index (χ1) is 10.3. The third-order valence-corrected chi connectivity index (χ3v) is 1.88. The second-order valence-corrected chi connectivity index (χ2v) is 3.40. The summed E-state index contributed by atoms with van der Waals surface area (Å²) in [5.74, 6) is -7.75. The number of aliphatic carboxylic acids is 4. The fourth-order valence-corrected chi connectivity index (χ4v) is 1.06. The van der Waals surface area contributed by atoms with E-state index in [0.717, 1.165) is 5.75 Å². The van der Waals surface area contributed by atoms with Crippen molar-refractivity contribution in [2.45, 2.75) is 0 Å². The quantitative estimate of drug-likeness (QED) is 0.285. The van der Waals surface area contributed by atoms with Gasteiger partial charge in [-0.15, -0.1) is 0 Å². The maximum absolute atomic E-state index is 8.93. The molecule has 11 heteroatoms. The Morgan fingerprint density at radius 3 is 1.62 bits per heavy atom. The van der Waals surface area contributed by atoms with Crippen molar-refractivity contribution in [2.75, 3.05) is 6.61 Å². The third kappa shape index (κ3) is 12.3. The normalized spacial score (nSPS) is 9.50. The molecule has 127 valence electrons. The Kier molecular flexibility index (Phi) is 16.0. The van der Waals surface area contributed by atoms with Crippen LogP contribution in [0.5, 0.6) is 5.75 Å². The summed E-state index contributed by atoms with van der Waals surface area (Å²) < 4.78 is 5.34. The van der Waals surface area contributed by atoms with Crippen LogP contribution in [0.25, 0.3) is 6.08 Å². The van der Waals surface area contributed by atoms with Crippen LogP contribution in [-0.4, -0.2) is 30.5 Å². The van der Waals surface area contributed by atoms with Gasteiger partial charge in [-0.1, -0.05) is 24.3 Å². The first-order valence-electron chi connectivity index (χ1n) is 5.48. The molecule has 1 radical (unpaired) electrons. The minimum absolute atomic E-state index is 0. The van der Waals surface area contributed by atoms with Gasteiger partial charge in [0.2, 0.25) is 0 Å². The van der Waals surface area contributed by atoms with E-state index in [2.05, 4.69) is 6.08 Å². The summed E-state index contributed by atoms with van der Waals surface area (Å²) >= 11 is 0. The summed E-state index contributed by atoms with van der Waals surface area (Å²) in [6.45, 7) is 0.705. The molecule has 0 bridgehead atoms. The number of carbonyl (C=O) groups excluding carboxylic acids is 4. The van der Waals surface area contributed by atoms with E-state index in [0.29, 0.717) is 6.61 Å². The number of hydrogen-bond acceptors (Lipinski definition) is 9. The molecule has 0 aromatic heterocycles. The monoisotopic (exact) mass is 435 g/mol. The van der Waals surface area contributed by atoms with Gasteiger partial charge in [-0.05, 0) is 12.1 Å². The number of rotatable bonds is 0. The molecule has 0 spiro atoms. The van der Waals surface area contributed by atoms with Crippen LogP contribution in [0.1, 0.15) is 5.56 Å². The van der Waals surface area contributed by atoms with E-state index in [9.17, 15) is 0 Å². The van der Waals surface area contributed by atoms with Gasteiger partial charge in [0.25, 0.3) is 0 Å². The van der Waals surface area contributed by atoms with Gasteiger partial charge in [0.1, 0.15) is 12.4 Å². The smallest absolute Gasteiger partial charge is 0.543 e. The molecule has 0 fully saturated rings. The number of para-hydroxylation sites is 1. The molecule has 0 unspecified atom stereocenters. The number of carboxylic acids is 4. The molecule has 0 aliphatic carbocycles. The topological polar surface area (TPSA) is 170 Å². The van der Waals surface area contributed by atoms with Crippen molar-refractivity contribution in [3.05, 3.63) is 35.9 Å². The van der Waals surface area contributed by atoms with Crippen LogP contribution in [0.3, 0.4) is 0 Å². The minimum atomic E-state index is -2.19. The molecule has 1 aromatic carbocycles. The summed E-state index contributed by atoms with van der Waals surface area (Å²) in [6, 6.07) is 8.03. The van der Waals surface area contributed by atoms with Crippen LogP contribution in [-0.2, 0) is 55.7 Å². The molecule has 0 amide bonds. The van der Waals surface area contributed by atoms with E-state index in [1.807, 2.05) is 30.3 Å². The number of benzene rings is 1. The van der Waals surface area contributed by atoms with Gasteiger partial charge in [0.05, 0.1) is 23.9 Å². The maximum atomic E-state index is 8.93. The van der Waals surface area contributed by atoms with Gasteiger partial charge in [-0.3, -0.25) is 0 Å². The second kappa shape index (κ2) is 14.4. The molecule has 24 heavy (non-hydrogen) atoms. The summed E-state index contributed by atoms with van der Waals surface area (Å²) in [4.78, 5) is 35.7. The van der Waals surface area contributed by atoms with Crippen LogP contribution < -0.4 is 25.2 Å². The largest absolute Gasteiger partial charge is 2.00 e. The van der Waals surface area contributed by atoms with Crippen molar-refractivity contribution in [1.82, 2.24) is 0 Å². The van der Waals surface area contributed by atoms with E-state index >= 15 is 0 Å². The fraction of sp³-hybridized carbons (Fsp3) is 0.0769. The van der Waals surface area contributed by atoms with Gasteiger partial charge >= 0.3 is 36.5 Å². The molecule has 1 aromatic rings. The Labute approximate surface area is 159 Å². The van der Waals surface area contributed by atoms with E-state index < -0.39 is 23.9 Å². The van der Waals surface area contributed by atoms with Gasteiger partial charge in [-0.2, -0.15) is 0 Å². The maximum Gasteiger partial charge on any atom is 2.00 e. The predicted molar refractivity (Wildman–Crippen MR) is 61.0 cm³/mol. The molecule has 1 heterocycles. The zero-order valence-electron chi connectivity index (χ0n) is 11.9. The zero-order chi connectivity index (χ0) is 17.1. The van der Waals surface area contributed by atoms with Gasteiger partial charge in [-0.25, -0.2) is 0 Å². The summed E-state index contributed by atoms with van der Waals surface area (Å²) in [7, 11) is 0. The first-order valence-corrected chi connectivity index (χ1v) is 5.48. The van der Waals surface area contributed by atoms with Crippen molar-refractivity contribution in [1.29, 1.82) is 0 Å². The molecular weight excluding hydrogens is 429 g/mol. The second-order valence-electron chi connectivity index (χ2n) is 3.40. The van der Waals surface area contributed by atoms with Crippen LogP contribution in [0.2, 0.25) is 0 Å². The predicted octanol–water partition coefficient (Wildman–Crippen LogP) is -4.94. The Hall–Kier alpha value is -2.22. The molecule has 0 saturated carbocycles. The summed E-state index contributed by atoms with van der Waals surface area (Å²) in [5, 5.41) is 35.7. The number of carbonyl (C=O) groups is 4.